The van der Waals surface area contributed by atoms with Gasteiger partial charge in [-0.05, 0) is 24.3 Å². The molecule has 5 heteroatoms. The lowest BCUT2D eigenvalue weighted by atomic mass is 10.0. The fourth-order valence-corrected chi connectivity index (χ4v) is 2.48. The van der Waals surface area contributed by atoms with Crippen molar-refractivity contribution >= 4 is 33.2 Å². The molecule has 0 bridgehead atoms. The lowest BCUT2D eigenvalue weighted by Gasteiger charge is -2.01. The predicted octanol–water partition coefficient (Wildman–Crippen LogP) is 2.70. The van der Waals surface area contributed by atoms with Crippen LogP contribution in [0.2, 0.25) is 0 Å². The molecule has 2 heterocycles. The van der Waals surface area contributed by atoms with Crippen LogP contribution in [0.15, 0.2) is 41.9 Å². The normalized spacial score (nSPS) is 10.7. The average molecular weight is 269 g/mol. The minimum Gasteiger partial charge on any atom is -0.375 e. The Bertz CT molecular complexity index is 751. The van der Waals surface area contributed by atoms with Crippen LogP contribution in [0.25, 0.3) is 10.9 Å². The molecule has 0 aliphatic heterocycles. The molecule has 0 radical (unpaired) electrons. The Labute approximate surface area is 113 Å². The number of carbonyl (C=O) groups excluding carboxylic acids is 1. The quantitative estimate of drug-likeness (QED) is 0.742. The van der Waals surface area contributed by atoms with E-state index in [0.717, 1.165) is 16.6 Å². The van der Waals surface area contributed by atoms with E-state index in [1.807, 2.05) is 29.6 Å². The molecule has 0 amide bonds. The maximum atomic E-state index is 12.2. The van der Waals surface area contributed by atoms with E-state index in [2.05, 4.69) is 9.97 Å². The number of carbonyl (C=O) groups is 1. The van der Waals surface area contributed by atoms with Crippen molar-refractivity contribution in [2.75, 3.05) is 5.73 Å². The van der Waals surface area contributed by atoms with Gasteiger partial charge in [0.1, 0.15) is 0 Å². The predicted molar refractivity (Wildman–Crippen MR) is 76.3 cm³/mol. The number of thiazole rings is 1. The topological polar surface area (TPSA) is 68.9 Å². The first-order valence-electron chi connectivity index (χ1n) is 5.80. The van der Waals surface area contributed by atoms with E-state index in [0.29, 0.717) is 10.7 Å². The number of hydrogen-bond donors (Lipinski definition) is 1. The van der Waals surface area contributed by atoms with E-state index in [4.69, 9.17) is 5.73 Å². The van der Waals surface area contributed by atoms with Gasteiger partial charge in [-0.2, -0.15) is 0 Å². The number of nitrogen functional groups attached to an aromatic ring is 1. The fourth-order valence-electron chi connectivity index (χ4n) is 1.92. The summed E-state index contributed by atoms with van der Waals surface area (Å²) < 4.78 is 0. The Balaban J connectivity index is 1.89. The number of aromatic nitrogens is 2. The molecule has 19 heavy (non-hydrogen) atoms. The molecule has 1 aromatic carbocycles. The van der Waals surface area contributed by atoms with Gasteiger partial charge in [-0.1, -0.05) is 6.07 Å². The molecule has 0 saturated heterocycles. The summed E-state index contributed by atoms with van der Waals surface area (Å²) in [5.74, 6) is 0.0380. The summed E-state index contributed by atoms with van der Waals surface area (Å²) in [6.45, 7) is 0. The molecule has 3 aromatic rings. The Kier molecular flexibility index (Phi) is 2.97. The molecular formula is C14H11N3OS. The molecular weight excluding hydrogens is 258 g/mol. The van der Waals surface area contributed by atoms with Gasteiger partial charge in [-0.15, -0.1) is 11.3 Å². The molecule has 0 aliphatic rings. The highest BCUT2D eigenvalue weighted by atomic mass is 32.1. The zero-order valence-electron chi connectivity index (χ0n) is 10.0. The minimum atomic E-state index is 0.0380. The Morgan fingerprint density at radius 2 is 2.21 bits per heavy atom. The number of Topliss-reactive ketones (excluding diaryl/α,β-unsaturated/α-hetero) is 1. The van der Waals surface area contributed by atoms with Crippen LogP contribution in [-0.4, -0.2) is 15.8 Å². The number of pyridine rings is 1. The monoisotopic (exact) mass is 269 g/mol. The fraction of sp³-hybridized carbons (Fsp3) is 0.0714. The smallest absolute Gasteiger partial charge is 0.180 e. The summed E-state index contributed by atoms with van der Waals surface area (Å²) in [4.78, 5) is 20.5. The Hall–Kier alpha value is -2.27. The molecule has 0 aliphatic carbocycles. The van der Waals surface area contributed by atoms with Crippen molar-refractivity contribution in [1.29, 1.82) is 0 Å². The molecule has 0 unspecified atom stereocenters. The number of ketones is 1. The average Bonchev–Trinajstić information content (AvgIpc) is 2.83. The number of nitrogens with zero attached hydrogens (tertiary/aromatic N) is 2. The van der Waals surface area contributed by atoms with Crippen LogP contribution in [0, 0.1) is 0 Å². The summed E-state index contributed by atoms with van der Waals surface area (Å²) in [6, 6.07) is 9.32. The van der Waals surface area contributed by atoms with Crippen LogP contribution >= 0.6 is 11.3 Å². The molecule has 0 saturated carbocycles. The summed E-state index contributed by atoms with van der Waals surface area (Å²) in [5, 5.41) is 3.27. The highest BCUT2D eigenvalue weighted by Crippen LogP contribution is 2.17. The first-order chi connectivity index (χ1) is 9.22. The van der Waals surface area contributed by atoms with Crippen LogP contribution in [0.3, 0.4) is 0 Å². The van der Waals surface area contributed by atoms with Crippen molar-refractivity contribution in [2.45, 2.75) is 6.42 Å². The van der Waals surface area contributed by atoms with E-state index in [9.17, 15) is 4.79 Å². The highest BCUT2D eigenvalue weighted by Gasteiger charge is 2.10. The van der Waals surface area contributed by atoms with E-state index in [1.54, 1.807) is 12.3 Å². The van der Waals surface area contributed by atoms with Gasteiger partial charge in [0.25, 0.3) is 0 Å². The molecule has 2 aromatic heterocycles. The molecule has 0 atom stereocenters. The minimum absolute atomic E-state index is 0.0380. The van der Waals surface area contributed by atoms with Gasteiger partial charge in [0, 0.05) is 22.5 Å². The molecule has 94 valence electrons. The first kappa shape index (κ1) is 11.8. The highest BCUT2D eigenvalue weighted by molar-refractivity contribution is 7.13. The number of benzene rings is 1. The molecule has 3 rings (SSSR count). The molecule has 2 N–H and O–H groups in total. The van der Waals surface area contributed by atoms with E-state index >= 15 is 0 Å². The molecule has 0 spiro atoms. The van der Waals surface area contributed by atoms with Gasteiger partial charge in [-0.25, -0.2) is 4.98 Å². The van der Waals surface area contributed by atoms with Gasteiger partial charge in [0.2, 0.25) is 0 Å². The maximum Gasteiger partial charge on any atom is 0.180 e. The Morgan fingerprint density at radius 1 is 1.32 bits per heavy atom. The second-order valence-electron chi connectivity index (χ2n) is 4.19. The Morgan fingerprint density at radius 3 is 3.00 bits per heavy atom. The maximum absolute atomic E-state index is 12.2. The lowest BCUT2D eigenvalue weighted by Crippen LogP contribution is -2.04. The zero-order chi connectivity index (χ0) is 13.2. The third-order valence-electron chi connectivity index (χ3n) is 2.84. The summed E-state index contributed by atoms with van der Waals surface area (Å²) in [6.07, 6.45) is 2.02. The van der Waals surface area contributed by atoms with Crippen LogP contribution in [-0.2, 0) is 6.42 Å². The number of nitrogens with two attached hydrogens (primary N) is 1. The number of rotatable bonds is 3. The number of hydrogen-bond acceptors (Lipinski definition) is 5. The van der Waals surface area contributed by atoms with Crippen molar-refractivity contribution in [2.24, 2.45) is 0 Å². The van der Waals surface area contributed by atoms with Crippen LogP contribution in [0.1, 0.15) is 16.1 Å². The van der Waals surface area contributed by atoms with Gasteiger partial charge in [0.15, 0.2) is 10.9 Å². The van der Waals surface area contributed by atoms with Crippen LogP contribution in [0.4, 0.5) is 5.13 Å². The van der Waals surface area contributed by atoms with Crippen molar-refractivity contribution in [3.05, 3.63) is 53.2 Å². The summed E-state index contributed by atoms with van der Waals surface area (Å²) in [5.41, 5.74) is 7.84. The van der Waals surface area contributed by atoms with Gasteiger partial charge >= 0.3 is 0 Å². The van der Waals surface area contributed by atoms with Crippen molar-refractivity contribution < 1.29 is 4.79 Å². The van der Waals surface area contributed by atoms with Crippen LogP contribution < -0.4 is 5.73 Å². The van der Waals surface area contributed by atoms with Crippen molar-refractivity contribution in [3.63, 3.8) is 0 Å². The number of fused-ring (bicyclic) bond motifs is 1. The second-order valence-corrected chi connectivity index (χ2v) is 5.08. The third-order valence-corrected chi connectivity index (χ3v) is 3.56. The summed E-state index contributed by atoms with van der Waals surface area (Å²) >= 11 is 1.35. The van der Waals surface area contributed by atoms with Crippen LogP contribution in [0.5, 0.6) is 0 Å². The van der Waals surface area contributed by atoms with Gasteiger partial charge < -0.3 is 5.73 Å². The zero-order valence-corrected chi connectivity index (χ0v) is 10.9. The van der Waals surface area contributed by atoms with Crippen molar-refractivity contribution in [3.8, 4) is 0 Å². The SMILES string of the molecule is Nc1nc(CC(=O)c2ccc3ncccc3c2)cs1. The molecule has 0 fully saturated rings. The lowest BCUT2D eigenvalue weighted by molar-refractivity contribution is 0.0992. The first-order valence-corrected chi connectivity index (χ1v) is 6.68. The second kappa shape index (κ2) is 4.78. The van der Waals surface area contributed by atoms with E-state index < -0.39 is 0 Å². The van der Waals surface area contributed by atoms with E-state index in [1.165, 1.54) is 11.3 Å². The summed E-state index contributed by atoms with van der Waals surface area (Å²) in [7, 11) is 0. The standard InChI is InChI=1S/C14H11N3OS/c15-14-17-11(8-19-14)7-13(18)10-3-4-12-9(6-10)2-1-5-16-12/h1-6,8H,7H2,(H2,15,17). The largest absolute Gasteiger partial charge is 0.375 e. The third kappa shape index (κ3) is 2.46. The van der Waals surface area contributed by atoms with Gasteiger partial charge in [-0.3, -0.25) is 9.78 Å². The molecule has 4 nitrogen and oxygen atoms in total. The van der Waals surface area contributed by atoms with Gasteiger partial charge in [0.05, 0.1) is 17.6 Å². The van der Waals surface area contributed by atoms with E-state index in [-0.39, 0.29) is 12.2 Å². The number of anilines is 1. The van der Waals surface area contributed by atoms with Crippen molar-refractivity contribution in [1.82, 2.24) is 9.97 Å².